The molecule has 134 valence electrons. The Labute approximate surface area is 162 Å². The lowest BCUT2D eigenvalue weighted by Crippen LogP contribution is -2.39. The van der Waals surface area contributed by atoms with Gasteiger partial charge in [-0.05, 0) is 37.5 Å². The first-order chi connectivity index (χ1) is 11.1. The highest BCUT2D eigenvalue weighted by atomic mass is 127. The van der Waals surface area contributed by atoms with Crippen LogP contribution in [0, 0.1) is 5.92 Å². The predicted octanol–water partition coefficient (Wildman–Crippen LogP) is 3.46. The normalized spacial score (nSPS) is 14.5. The van der Waals surface area contributed by atoms with Crippen molar-refractivity contribution in [2.24, 2.45) is 10.9 Å². The van der Waals surface area contributed by atoms with Crippen molar-refractivity contribution in [2.45, 2.75) is 40.2 Å². The van der Waals surface area contributed by atoms with E-state index in [0.29, 0.717) is 6.54 Å². The maximum absolute atomic E-state index is 11.7. The molecule has 1 heterocycles. The number of nitrogens with one attached hydrogen (secondary N) is 2. The van der Waals surface area contributed by atoms with Gasteiger partial charge in [0, 0.05) is 31.2 Å². The Morgan fingerprint density at radius 1 is 1.21 bits per heavy atom. The number of rotatable bonds is 5. The summed E-state index contributed by atoms with van der Waals surface area (Å²) in [6, 6.07) is 7.92. The van der Waals surface area contributed by atoms with Crippen LogP contribution in [0.2, 0.25) is 0 Å². The van der Waals surface area contributed by atoms with Crippen LogP contribution >= 0.6 is 24.0 Å². The average Bonchev–Trinajstić information content (AvgIpc) is 3.07. The summed E-state index contributed by atoms with van der Waals surface area (Å²) in [7, 11) is 0. The van der Waals surface area contributed by atoms with E-state index in [9.17, 15) is 4.79 Å². The summed E-state index contributed by atoms with van der Waals surface area (Å²) in [4.78, 5) is 18.7. The van der Waals surface area contributed by atoms with Gasteiger partial charge in [-0.15, -0.1) is 24.0 Å². The topological polar surface area (TPSA) is 56.7 Å². The molecule has 2 rings (SSSR count). The molecule has 1 aromatic carbocycles. The molecule has 0 radical (unpaired) electrons. The maximum atomic E-state index is 11.7. The number of amides is 1. The molecule has 0 atom stereocenters. The quantitative estimate of drug-likeness (QED) is 0.416. The van der Waals surface area contributed by atoms with Crippen molar-refractivity contribution in [3.05, 3.63) is 29.8 Å². The summed E-state index contributed by atoms with van der Waals surface area (Å²) in [6.45, 7) is 9.58. The molecule has 2 N–H and O–H groups in total. The number of benzene rings is 1. The zero-order chi connectivity index (χ0) is 16.7. The fourth-order valence-corrected chi connectivity index (χ4v) is 2.50. The molecule has 0 aromatic heterocycles. The Morgan fingerprint density at radius 2 is 1.83 bits per heavy atom. The standard InChI is InChI=1S/C18H28N4O.HI/c1-4-19-18(22-11-5-6-12-22)20-13-15-7-9-16(10-8-15)21-17(23)14(2)3;/h7-10,14H,4-6,11-13H2,1-3H3,(H,19,20)(H,21,23);1H. The Morgan fingerprint density at radius 3 is 2.38 bits per heavy atom. The third-order valence-electron chi connectivity index (χ3n) is 3.90. The van der Waals surface area contributed by atoms with Crippen LogP contribution in [0.15, 0.2) is 29.3 Å². The summed E-state index contributed by atoms with van der Waals surface area (Å²) in [5.74, 6) is 1.03. The fourth-order valence-electron chi connectivity index (χ4n) is 2.50. The third kappa shape index (κ3) is 6.30. The van der Waals surface area contributed by atoms with Crippen LogP contribution in [0.1, 0.15) is 39.2 Å². The van der Waals surface area contributed by atoms with Crippen LogP contribution in [-0.4, -0.2) is 36.4 Å². The minimum atomic E-state index is -0.0117. The minimum absolute atomic E-state index is 0. The van der Waals surface area contributed by atoms with Crippen LogP contribution in [-0.2, 0) is 11.3 Å². The Kier molecular flexibility index (Phi) is 9.10. The number of nitrogens with zero attached hydrogens (tertiary/aromatic N) is 2. The van der Waals surface area contributed by atoms with Crippen molar-refractivity contribution in [1.82, 2.24) is 10.2 Å². The lowest BCUT2D eigenvalue weighted by atomic mass is 10.2. The molecule has 0 aliphatic carbocycles. The van der Waals surface area contributed by atoms with Crippen molar-refractivity contribution in [2.75, 3.05) is 25.0 Å². The van der Waals surface area contributed by atoms with Gasteiger partial charge in [0.1, 0.15) is 0 Å². The van der Waals surface area contributed by atoms with E-state index in [1.165, 1.54) is 12.8 Å². The minimum Gasteiger partial charge on any atom is -0.357 e. The second-order valence-electron chi connectivity index (χ2n) is 6.21. The number of anilines is 1. The number of aliphatic imine (C=N–C) groups is 1. The van der Waals surface area contributed by atoms with Gasteiger partial charge in [0.05, 0.1) is 6.54 Å². The molecule has 1 amide bonds. The third-order valence-corrected chi connectivity index (χ3v) is 3.90. The van der Waals surface area contributed by atoms with E-state index in [4.69, 9.17) is 4.99 Å². The van der Waals surface area contributed by atoms with E-state index >= 15 is 0 Å². The molecule has 1 aromatic rings. The van der Waals surface area contributed by atoms with Crippen LogP contribution < -0.4 is 10.6 Å². The summed E-state index contributed by atoms with van der Waals surface area (Å²) < 4.78 is 0. The van der Waals surface area contributed by atoms with E-state index in [1.807, 2.05) is 38.1 Å². The number of carbonyl (C=O) groups is 1. The lowest BCUT2D eigenvalue weighted by molar-refractivity contribution is -0.118. The number of halogens is 1. The smallest absolute Gasteiger partial charge is 0.226 e. The molecule has 0 spiro atoms. The van der Waals surface area contributed by atoms with Gasteiger partial charge in [-0.3, -0.25) is 4.79 Å². The molecule has 5 nitrogen and oxygen atoms in total. The average molecular weight is 444 g/mol. The van der Waals surface area contributed by atoms with Gasteiger partial charge in [0.2, 0.25) is 5.91 Å². The van der Waals surface area contributed by atoms with E-state index in [1.54, 1.807) is 0 Å². The van der Waals surface area contributed by atoms with Gasteiger partial charge < -0.3 is 15.5 Å². The van der Waals surface area contributed by atoms with Gasteiger partial charge in [0.15, 0.2) is 5.96 Å². The molecule has 6 heteroatoms. The summed E-state index contributed by atoms with van der Waals surface area (Å²) in [6.07, 6.45) is 2.49. The predicted molar refractivity (Wildman–Crippen MR) is 111 cm³/mol. The molecule has 1 aliphatic heterocycles. The van der Waals surface area contributed by atoms with E-state index < -0.39 is 0 Å². The van der Waals surface area contributed by atoms with E-state index in [-0.39, 0.29) is 35.8 Å². The number of hydrogen-bond acceptors (Lipinski definition) is 2. The molecule has 0 unspecified atom stereocenters. The van der Waals surface area contributed by atoms with Crippen LogP contribution in [0.25, 0.3) is 0 Å². The van der Waals surface area contributed by atoms with E-state index in [2.05, 4.69) is 22.5 Å². The first-order valence-corrected chi connectivity index (χ1v) is 8.53. The number of guanidine groups is 1. The SMILES string of the molecule is CCNC(=NCc1ccc(NC(=O)C(C)C)cc1)N1CCCC1.I. The highest BCUT2D eigenvalue weighted by Gasteiger charge is 2.15. The second kappa shape index (κ2) is 10.5. The lowest BCUT2D eigenvalue weighted by Gasteiger charge is -2.20. The Balaban J connectivity index is 0.00000288. The molecule has 24 heavy (non-hydrogen) atoms. The van der Waals surface area contributed by atoms with Crippen LogP contribution in [0.5, 0.6) is 0 Å². The summed E-state index contributed by atoms with van der Waals surface area (Å²) >= 11 is 0. The largest absolute Gasteiger partial charge is 0.357 e. The van der Waals surface area contributed by atoms with Crippen molar-refractivity contribution < 1.29 is 4.79 Å². The molecule has 0 saturated carbocycles. The molecular weight excluding hydrogens is 415 g/mol. The van der Waals surface area contributed by atoms with Gasteiger partial charge >= 0.3 is 0 Å². The van der Waals surface area contributed by atoms with Crippen molar-refractivity contribution >= 4 is 41.5 Å². The van der Waals surface area contributed by atoms with Crippen molar-refractivity contribution in [3.63, 3.8) is 0 Å². The van der Waals surface area contributed by atoms with Gasteiger partial charge in [-0.1, -0.05) is 26.0 Å². The zero-order valence-electron chi connectivity index (χ0n) is 14.8. The first kappa shape index (κ1) is 20.7. The summed E-state index contributed by atoms with van der Waals surface area (Å²) in [5, 5.41) is 6.27. The van der Waals surface area contributed by atoms with Crippen LogP contribution in [0.4, 0.5) is 5.69 Å². The number of hydrogen-bond donors (Lipinski definition) is 2. The molecule has 1 aliphatic rings. The molecular formula is C18H29IN4O. The highest BCUT2D eigenvalue weighted by Crippen LogP contribution is 2.13. The van der Waals surface area contributed by atoms with Crippen molar-refractivity contribution in [1.29, 1.82) is 0 Å². The summed E-state index contributed by atoms with van der Waals surface area (Å²) in [5.41, 5.74) is 1.98. The molecule has 0 bridgehead atoms. The zero-order valence-corrected chi connectivity index (χ0v) is 17.2. The second-order valence-corrected chi connectivity index (χ2v) is 6.21. The molecule has 1 fully saturated rings. The fraction of sp³-hybridized carbons (Fsp3) is 0.556. The Bertz CT molecular complexity index is 536. The Hall–Kier alpha value is -1.31. The van der Waals surface area contributed by atoms with Gasteiger partial charge in [-0.2, -0.15) is 0 Å². The molecule has 1 saturated heterocycles. The van der Waals surface area contributed by atoms with Gasteiger partial charge in [0.25, 0.3) is 0 Å². The highest BCUT2D eigenvalue weighted by molar-refractivity contribution is 14.0. The van der Waals surface area contributed by atoms with Gasteiger partial charge in [-0.25, -0.2) is 4.99 Å². The van der Waals surface area contributed by atoms with E-state index in [0.717, 1.165) is 36.8 Å². The number of carbonyl (C=O) groups excluding carboxylic acids is 1. The van der Waals surface area contributed by atoms with Crippen molar-refractivity contribution in [3.8, 4) is 0 Å². The maximum Gasteiger partial charge on any atom is 0.226 e. The number of likely N-dealkylation sites (tertiary alicyclic amines) is 1. The first-order valence-electron chi connectivity index (χ1n) is 8.53. The monoisotopic (exact) mass is 444 g/mol. The van der Waals surface area contributed by atoms with Crippen LogP contribution in [0.3, 0.4) is 0 Å².